The first kappa shape index (κ1) is 16.3. The summed E-state index contributed by atoms with van der Waals surface area (Å²) in [5, 5.41) is 5.83. The fraction of sp³-hybridized carbons (Fsp3) is 0.667. The number of hydrogen-bond donors (Lipinski definition) is 2. The second-order valence-corrected chi connectivity index (χ2v) is 5.36. The van der Waals surface area contributed by atoms with Crippen molar-refractivity contribution in [3.63, 3.8) is 0 Å². The van der Waals surface area contributed by atoms with Crippen LogP contribution in [0, 0.1) is 0 Å². The summed E-state index contributed by atoms with van der Waals surface area (Å²) >= 11 is 0. The third-order valence-electron chi connectivity index (χ3n) is 3.65. The molecule has 1 aromatic heterocycles. The SMILES string of the molecule is CCCNC(=O)NC1CCC(Oc2nccnc2OC)CC1. The lowest BCUT2D eigenvalue weighted by Gasteiger charge is -2.29. The van der Waals surface area contributed by atoms with Gasteiger partial charge in [0.05, 0.1) is 7.11 Å². The smallest absolute Gasteiger partial charge is 0.315 e. The minimum Gasteiger partial charge on any atom is -0.477 e. The fourth-order valence-corrected chi connectivity index (χ4v) is 2.49. The molecule has 122 valence electrons. The van der Waals surface area contributed by atoms with Gasteiger partial charge in [-0.3, -0.25) is 0 Å². The molecule has 0 bridgehead atoms. The first-order valence-electron chi connectivity index (χ1n) is 7.79. The zero-order valence-corrected chi connectivity index (χ0v) is 13.2. The fourth-order valence-electron chi connectivity index (χ4n) is 2.49. The third-order valence-corrected chi connectivity index (χ3v) is 3.65. The molecule has 0 spiro atoms. The predicted octanol–water partition coefficient (Wildman–Crippen LogP) is 1.88. The molecule has 0 atom stereocenters. The maximum absolute atomic E-state index is 11.6. The molecule has 0 radical (unpaired) electrons. The standard InChI is InChI=1S/C15H24N4O3/c1-3-8-18-15(20)19-11-4-6-12(7-5-11)22-14-13(21-2)16-9-10-17-14/h9-12H,3-8H2,1-2H3,(H2,18,19,20). The Balaban J connectivity index is 1.76. The molecule has 2 N–H and O–H groups in total. The second kappa shape index (κ2) is 8.41. The Morgan fingerprint density at radius 3 is 2.55 bits per heavy atom. The lowest BCUT2D eigenvalue weighted by Crippen LogP contribution is -2.44. The van der Waals surface area contributed by atoms with Crippen LogP contribution in [0.5, 0.6) is 11.8 Å². The van der Waals surface area contributed by atoms with Crippen molar-refractivity contribution in [1.82, 2.24) is 20.6 Å². The van der Waals surface area contributed by atoms with Gasteiger partial charge in [0, 0.05) is 25.0 Å². The van der Waals surface area contributed by atoms with E-state index < -0.39 is 0 Å². The maximum Gasteiger partial charge on any atom is 0.315 e. The lowest BCUT2D eigenvalue weighted by molar-refractivity contribution is 0.129. The Labute approximate surface area is 130 Å². The summed E-state index contributed by atoms with van der Waals surface area (Å²) in [5.41, 5.74) is 0. The van der Waals surface area contributed by atoms with Crippen LogP contribution in [0.15, 0.2) is 12.4 Å². The van der Waals surface area contributed by atoms with E-state index in [1.165, 1.54) is 0 Å². The Hall–Kier alpha value is -2.05. The number of amides is 2. The minimum atomic E-state index is -0.0817. The van der Waals surface area contributed by atoms with Crippen LogP contribution in [0.4, 0.5) is 4.79 Å². The van der Waals surface area contributed by atoms with E-state index in [1.807, 2.05) is 6.92 Å². The highest BCUT2D eigenvalue weighted by atomic mass is 16.5. The molecule has 0 aliphatic heterocycles. The number of methoxy groups -OCH3 is 1. The van der Waals surface area contributed by atoms with Crippen LogP contribution in [-0.4, -0.2) is 41.8 Å². The topological polar surface area (TPSA) is 85.4 Å². The highest BCUT2D eigenvalue weighted by Crippen LogP contribution is 2.27. The summed E-state index contributed by atoms with van der Waals surface area (Å²) in [4.78, 5) is 19.9. The molecular formula is C15H24N4O3. The molecule has 1 aliphatic carbocycles. The van der Waals surface area contributed by atoms with Gasteiger partial charge in [-0.25, -0.2) is 14.8 Å². The number of aromatic nitrogens is 2. The van der Waals surface area contributed by atoms with Crippen molar-refractivity contribution in [2.45, 2.75) is 51.2 Å². The Kier molecular flexibility index (Phi) is 6.24. The first-order valence-corrected chi connectivity index (χ1v) is 7.79. The molecule has 1 saturated carbocycles. The molecular weight excluding hydrogens is 284 g/mol. The van der Waals surface area contributed by atoms with Crippen molar-refractivity contribution < 1.29 is 14.3 Å². The van der Waals surface area contributed by atoms with Gasteiger partial charge in [-0.15, -0.1) is 0 Å². The molecule has 1 heterocycles. The summed E-state index contributed by atoms with van der Waals surface area (Å²) in [6.45, 7) is 2.74. The molecule has 2 rings (SSSR count). The third kappa shape index (κ3) is 4.75. The summed E-state index contributed by atoms with van der Waals surface area (Å²) in [7, 11) is 1.55. The first-order chi connectivity index (χ1) is 10.7. The minimum absolute atomic E-state index is 0.0817. The van der Waals surface area contributed by atoms with Crippen molar-refractivity contribution in [3.05, 3.63) is 12.4 Å². The monoisotopic (exact) mass is 308 g/mol. The van der Waals surface area contributed by atoms with Gasteiger partial charge in [-0.1, -0.05) is 6.92 Å². The van der Waals surface area contributed by atoms with E-state index in [4.69, 9.17) is 9.47 Å². The van der Waals surface area contributed by atoms with E-state index in [0.717, 1.165) is 32.1 Å². The zero-order chi connectivity index (χ0) is 15.8. The van der Waals surface area contributed by atoms with Gasteiger partial charge in [-0.2, -0.15) is 0 Å². The summed E-state index contributed by atoms with van der Waals surface area (Å²) in [5.74, 6) is 0.837. The molecule has 0 aromatic carbocycles. The van der Waals surface area contributed by atoms with Gasteiger partial charge in [-0.05, 0) is 32.1 Å². The van der Waals surface area contributed by atoms with Crippen LogP contribution in [0.2, 0.25) is 0 Å². The van der Waals surface area contributed by atoms with Crippen molar-refractivity contribution in [1.29, 1.82) is 0 Å². The van der Waals surface area contributed by atoms with Crippen LogP contribution in [0.3, 0.4) is 0 Å². The molecule has 1 fully saturated rings. The molecule has 1 aliphatic rings. The molecule has 0 unspecified atom stereocenters. The normalized spacial score (nSPS) is 21.0. The summed E-state index contributed by atoms with van der Waals surface area (Å²) < 4.78 is 11.0. The van der Waals surface area contributed by atoms with Crippen LogP contribution in [0.1, 0.15) is 39.0 Å². The average molecular weight is 308 g/mol. The highest BCUT2D eigenvalue weighted by molar-refractivity contribution is 5.74. The van der Waals surface area contributed by atoms with E-state index >= 15 is 0 Å². The van der Waals surface area contributed by atoms with E-state index in [-0.39, 0.29) is 18.2 Å². The Bertz CT molecular complexity index is 476. The summed E-state index contributed by atoms with van der Waals surface area (Å²) in [6.07, 6.45) is 7.72. The van der Waals surface area contributed by atoms with Crippen LogP contribution >= 0.6 is 0 Å². The van der Waals surface area contributed by atoms with Gasteiger partial charge in [0.25, 0.3) is 11.8 Å². The van der Waals surface area contributed by atoms with E-state index in [1.54, 1.807) is 19.5 Å². The summed E-state index contributed by atoms with van der Waals surface area (Å²) in [6, 6.07) is 0.127. The Morgan fingerprint density at radius 1 is 1.23 bits per heavy atom. The Morgan fingerprint density at radius 2 is 1.91 bits per heavy atom. The maximum atomic E-state index is 11.6. The quantitative estimate of drug-likeness (QED) is 0.838. The lowest BCUT2D eigenvalue weighted by atomic mass is 9.93. The van der Waals surface area contributed by atoms with E-state index in [0.29, 0.717) is 18.3 Å². The molecule has 0 saturated heterocycles. The van der Waals surface area contributed by atoms with Crippen LogP contribution in [-0.2, 0) is 0 Å². The molecule has 22 heavy (non-hydrogen) atoms. The number of nitrogens with one attached hydrogen (secondary N) is 2. The number of carbonyl (C=O) groups excluding carboxylic acids is 1. The van der Waals surface area contributed by atoms with Gasteiger partial charge in [0.2, 0.25) is 0 Å². The van der Waals surface area contributed by atoms with Gasteiger partial charge < -0.3 is 20.1 Å². The number of rotatable bonds is 6. The number of urea groups is 1. The number of ether oxygens (including phenoxy) is 2. The number of carbonyl (C=O) groups is 1. The van der Waals surface area contributed by atoms with Crippen molar-refractivity contribution in [2.24, 2.45) is 0 Å². The van der Waals surface area contributed by atoms with E-state index in [2.05, 4.69) is 20.6 Å². The van der Waals surface area contributed by atoms with Crippen LogP contribution < -0.4 is 20.1 Å². The van der Waals surface area contributed by atoms with E-state index in [9.17, 15) is 4.79 Å². The van der Waals surface area contributed by atoms with Gasteiger partial charge in [0.15, 0.2) is 0 Å². The largest absolute Gasteiger partial charge is 0.477 e. The van der Waals surface area contributed by atoms with Crippen molar-refractivity contribution in [3.8, 4) is 11.8 Å². The van der Waals surface area contributed by atoms with Crippen molar-refractivity contribution in [2.75, 3.05) is 13.7 Å². The number of nitrogens with zero attached hydrogens (tertiary/aromatic N) is 2. The van der Waals surface area contributed by atoms with Crippen molar-refractivity contribution >= 4 is 6.03 Å². The zero-order valence-electron chi connectivity index (χ0n) is 13.2. The highest BCUT2D eigenvalue weighted by Gasteiger charge is 2.24. The number of hydrogen-bond acceptors (Lipinski definition) is 5. The van der Waals surface area contributed by atoms with Gasteiger partial charge >= 0.3 is 6.03 Å². The predicted molar refractivity (Wildman–Crippen MR) is 82.1 cm³/mol. The van der Waals surface area contributed by atoms with Crippen LogP contribution in [0.25, 0.3) is 0 Å². The molecule has 7 nitrogen and oxygen atoms in total. The molecule has 2 amide bonds. The average Bonchev–Trinajstić information content (AvgIpc) is 2.55. The molecule has 1 aromatic rings. The second-order valence-electron chi connectivity index (χ2n) is 5.36. The molecule has 7 heteroatoms. The van der Waals surface area contributed by atoms with Gasteiger partial charge in [0.1, 0.15) is 6.10 Å².